The molecule has 0 amide bonds. The molecule has 0 aliphatic carbocycles. The molecule has 1 aromatic carbocycles. The number of esters is 2. The number of hydrogen-bond donors (Lipinski definition) is 0. The third-order valence-corrected chi connectivity index (χ3v) is 2.60. The third kappa shape index (κ3) is 4.46. The summed E-state index contributed by atoms with van der Waals surface area (Å²) in [5, 5.41) is 8.08. The molecule has 1 heterocycles. The predicted molar refractivity (Wildman–Crippen MR) is 81.0 cm³/mol. The number of nitrogens with zero attached hydrogens (tertiary/aromatic N) is 1. The molecule has 5 heteroatoms. The van der Waals surface area contributed by atoms with Crippen molar-refractivity contribution in [2.24, 2.45) is 0 Å². The van der Waals surface area contributed by atoms with E-state index in [0.29, 0.717) is 5.57 Å². The van der Waals surface area contributed by atoms with E-state index >= 15 is 0 Å². The molecule has 5 nitrogen and oxygen atoms in total. The molecular weight excluding hydrogens is 282 g/mol. The molecule has 1 aliphatic heterocycles. The summed E-state index contributed by atoms with van der Waals surface area (Å²) < 4.78 is 9.17. The van der Waals surface area contributed by atoms with Crippen LogP contribution in [0.5, 0.6) is 0 Å². The van der Waals surface area contributed by atoms with E-state index in [-0.39, 0.29) is 18.1 Å². The molecule has 0 aromatic heterocycles. The molecular formula is C17H15NO4. The van der Waals surface area contributed by atoms with Crippen LogP contribution >= 0.6 is 0 Å². The average molecular weight is 297 g/mol. The standard InChI is InChI=1S/C11H8O2.C6H7NO2/c1-8-10(7-13-11(8)12)9-5-3-2-4-6-9;1-3-9-6(8)5(2)4-7/h2-7H,1H2;2-3H2,1H3. The van der Waals surface area contributed by atoms with Crippen LogP contribution in [0.4, 0.5) is 0 Å². The van der Waals surface area contributed by atoms with Gasteiger partial charge in [0.15, 0.2) is 0 Å². The van der Waals surface area contributed by atoms with Crippen molar-refractivity contribution in [2.45, 2.75) is 6.92 Å². The number of carbonyl (C=O) groups excluding carboxylic acids is 2. The zero-order valence-electron chi connectivity index (χ0n) is 12.2. The minimum Gasteiger partial charge on any atom is -0.462 e. The normalized spacial score (nSPS) is 12.3. The van der Waals surface area contributed by atoms with Crippen LogP contribution in [-0.2, 0) is 19.1 Å². The highest BCUT2D eigenvalue weighted by molar-refractivity contribution is 6.09. The van der Waals surface area contributed by atoms with Gasteiger partial charge in [0.05, 0.1) is 12.2 Å². The maximum atomic E-state index is 11.0. The monoisotopic (exact) mass is 297 g/mol. The molecule has 22 heavy (non-hydrogen) atoms. The molecule has 1 aromatic rings. The lowest BCUT2D eigenvalue weighted by Gasteiger charge is -1.98. The van der Waals surface area contributed by atoms with E-state index in [0.717, 1.165) is 11.1 Å². The summed E-state index contributed by atoms with van der Waals surface area (Å²) in [5.41, 5.74) is 1.99. The molecule has 0 atom stereocenters. The van der Waals surface area contributed by atoms with E-state index in [1.165, 1.54) is 6.26 Å². The van der Waals surface area contributed by atoms with Gasteiger partial charge in [0.2, 0.25) is 0 Å². The van der Waals surface area contributed by atoms with E-state index in [2.05, 4.69) is 17.9 Å². The predicted octanol–water partition coefficient (Wildman–Crippen LogP) is 2.77. The van der Waals surface area contributed by atoms with E-state index in [1.54, 1.807) is 13.0 Å². The summed E-state index contributed by atoms with van der Waals surface area (Å²) in [6, 6.07) is 11.2. The summed E-state index contributed by atoms with van der Waals surface area (Å²) in [6.45, 7) is 8.75. The Bertz CT molecular complexity index is 666. The van der Waals surface area contributed by atoms with Crippen molar-refractivity contribution in [1.29, 1.82) is 5.26 Å². The van der Waals surface area contributed by atoms with E-state index < -0.39 is 5.97 Å². The first-order chi connectivity index (χ1) is 10.5. The fourth-order valence-electron chi connectivity index (χ4n) is 1.49. The van der Waals surface area contributed by atoms with Gasteiger partial charge in [0, 0.05) is 5.57 Å². The Balaban J connectivity index is 0.000000239. The molecule has 1 aliphatic rings. The lowest BCUT2D eigenvalue weighted by Crippen LogP contribution is -2.04. The van der Waals surface area contributed by atoms with Crippen LogP contribution in [0.2, 0.25) is 0 Å². The van der Waals surface area contributed by atoms with Crippen LogP contribution in [0.1, 0.15) is 12.5 Å². The highest BCUT2D eigenvalue weighted by Crippen LogP contribution is 2.27. The third-order valence-electron chi connectivity index (χ3n) is 2.60. The molecule has 0 saturated heterocycles. The number of ether oxygens (including phenoxy) is 2. The van der Waals surface area contributed by atoms with Gasteiger partial charge in [-0.05, 0) is 12.5 Å². The topological polar surface area (TPSA) is 76.4 Å². The van der Waals surface area contributed by atoms with E-state index in [4.69, 9.17) is 10.00 Å². The first-order valence-corrected chi connectivity index (χ1v) is 6.43. The van der Waals surface area contributed by atoms with Crippen molar-refractivity contribution in [1.82, 2.24) is 0 Å². The number of hydrogen-bond acceptors (Lipinski definition) is 5. The minimum absolute atomic E-state index is 0.156. The van der Waals surface area contributed by atoms with Crippen LogP contribution in [0.15, 0.2) is 60.9 Å². The minimum atomic E-state index is -0.639. The van der Waals surface area contributed by atoms with Crippen molar-refractivity contribution in [3.05, 3.63) is 66.5 Å². The van der Waals surface area contributed by atoms with Gasteiger partial charge in [-0.3, -0.25) is 0 Å². The molecule has 0 saturated carbocycles. The highest BCUT2D eigenvalue weighted by Gasteiger charge is 2.21. The number of cyclic esters (lactones) is 1. The lowest BCUT2D eigenvalue weighted by atomic mass is 10.0. The van der Waals surface area contributed by atoms with Crippen molar-refractivity contribution in [2.75, 3.05) is 6.61 Å². The summed E-state index contributed by atoms with van der Waals surface area (Å²) in [5.74, 6) is -1.00. The molecule has 0 bridgehead atoms. The Hall–Kier alpha value is -3.13. The number of benzene rings is 1. The van der Waals surface area contributed by atoms with E-state index in [1.807, 2.05) is 30.3 Å². The maximum absolute atomic E-state index is 11.0. The molecule has 0 spiro atoms. The van der Waals surface area contributed by atoms with Gasteiger partial charge in [-0.2, -0.15) is 5.26 Å². The van der Waals surface area contributed by atoms with Crippen molar-refractivity contribution in [3.8, 4) is 6.07 Å². The zero-order valence-corrected chi connectivity index (χ0v) is 12.2. The van der Waals surface area contributed by atoms with Crippen molar-refractivity contribution in [3.63, 3.8) is 0 Å². The van der Waals surface area contributed by atoms with Gasteiger partial charge in [-0.1, -0.05) is 43.5 Å². The quantitative estimate of drug-likeness (QED) is 0.487. The fourth-order valence-corrected chi connectivity index (χ4v) is 1.49. The van der Waals surface area contributed by atoms with Crippen molar-refractivity contribution >= 4 is 17.5 Å². The highest BCUT2D eigenvalue weighted by atomic mass is 16.5. The Morgan fingerprint density at radius 3 is 2.45 bits per heavy atom. The number of nitriles is 1. The summed E-state index contributed by atoms with van der Waals surface area (Å²) in [7, 11) is 0. The lowest BCUT2D eigenvalue weighted by molar-refractivity contribution is -0.138. The summed E-state index contributed by atoms with van der Waals surface area (Å²) in [4.78, 5) is 21.4. The van der Waals surface area contributed by atoms with Crippen LogP contribution in [0.25, 0.3) is 5.57 Å². The van der Waals surface area contributed by atoms with Gasteiger partial charge in [-0.25, -0.2) is 9.59 Å². The molecule has 0 fully saturated rings. The molecule has 2 rings (SSSR count). The Labute approximate surface area is 128 Å². The van der Waals surface area contributed by atoms with Gasteiger partial charge in [-0.15, -0.1) is 0 Å². The molecule has 112 valence electrons. The van der Waals surface area contributed by atoms with Gasteiger partial charge in [0.25, 0.3) is 0 Å². The van der Waals surface area contributed by atoms with Gasteiger partial charge in [0.1, 0.15) is 17.9 Å². The summed E-state index contributed by atoms with van der Waals surface area (Å²) in [6.07, 6.45) is 1.44. The largest absolute Gasteiger partial charge is 0.462 e. The maximum Gasteiger partial charge on any atom is 0.348 e. The van der Waals surface area contributed by atoms with Crippen LogP contribution < -0.4 is 0 Å². The Morgan fingerprint density at radius 1 is 1.36 bits per heavy atom. The van der Waals surface area contributed by atoms with Crippen LogP contribution in [0.3, 0.4) is 0 Å². The van der Waals surface area contributed by atoms with Crippen molar-refractivity contribution < 1.29 is 19.1 Å². The van der Waals surface area contributed by atoms with Crippen LogP contribution in [0, 0.1) is 11.3 Å². The van der Waals surface area contributed by atoms with Crippen LogP contribution in [-0.4, -0.2) is 18.5 Å². The molecule has 0 N–H and O–H groups in total. The van der Waals surface area contributed by atoms with E-state index in [9.17, 15) is 9.59 Å². The average Bonchev–Trinajstić information content (AvgIpc) is 2.88. The summed E-state index contributed by atoms with van der Waals surface area (Å²) >= 11 is 0. The zero-order chi connectivity index (χ0) is 16.5. The smallest absolute Gasteiger partial charge is 0.348 e. The Kier molecular flexibility index (Phi) is 6.32. The first kappa shape index (κ1) is 16.9. The number of rotatable bonds is 3. The first-order valence-electron chi connectivity index (χ1n) is 6.43. The van der Waals surface area contributed by atoms with Gasteiger partial charge >= 0.3 is 11.9 Å². The Morgan fingerprint density at radius 2 is 2.00 bits per heavy atom. The molecule has 0 unspecified atom stereocenters. The second kappa shape index (κ2) is 8.22. The SMILES string of the molecule is C=C(C#N)C(=O)OCC.C=C1C(=O)OC=C1c1ccccc1. The number of carbonyl (C=O) groups is 2. The second-order valence-electron chi connectivity index (χ2n) is 4.09. The molecule has 0 radical (unpaired) electrons. The fraction of sp³-hybridized carbons (Fsp3) is 0.118. The van der Waals surface area contributed by atoms with Gasteiger partial charge < -0.3 is 9.47 Å². The second-order valence-corrected chi connectivity index (χ2v) is 4.09.